The van der Waals surface area contributed by atoms with E-state index in [1.54, 1.807) is 13.1 Å². The normalized spacial score (nSPS) is 12.2. The lowest BCUT2D eigenvalue weighted by Gasteiger charge is -2.22. The zero-order valence-electron chi connectivity index (χ0n) is 16.9. The van der Waals surface area contributed by atoms with Crippen LogP contribution in [0.1, 0.15) is 23.7 Å². The van der Waals surface area contributed by atoms with Crippen LogP contribution in [-0.2, 0) is 6.54 Å². The highest BCUT2D eigenvalue weighted by molar-refractivity contribution is 5.56. The number of benzene rings is 1. The van der Waals surface area contributed by atoms with Gasteiger partial charge in [0.1, 0.15) is 11.6 Å². The van der Waals surface area contributed by atoms with Gasteiger partial charge in [0.15, 0.2) is 0 Å². The van der Waals surface area contributed by atoms with E-state index in [1.165, 1.54) is 5.56 Å². The Bertz CT molecular complexity index is 966. The molecule has 146 valence electrons. The zero-order valence-corrected chi connectivity index (χ0v) is 16.9. The van der Waals surface area contributed by atoms with Crippen molar-refractivity contribution in [2.45, 2.75) is 33.4 Å². The van der Waals surface area contributed by atoms with E-state index in [1.807, 2.05) is 25.1 Å². The first kappa shape index (κ1) is 19.8. The van der Waals surface area contributed by atoms with Crippen molar-refractivity contribution in [3.63, 3.8) is 0 Å². The fraction of sp³-hybridized carbons (Fsp3) is 0.318. The number of pyridine rings is 1. The lowest BCUT2D eigenvalue weighted by molar-refractivity contribution is 0.316. The van der Waals surface area contributed by atoms with Gasteiger partial charge in [-0.25, -0.2) is 9.97 Å². The standard InChI is InChI=1S/C22H27N5O/c1-15(13-27(4)14-18-8-6-5-7-9-18)24-20-11-10-19(12-23-20)21-25-17(3)16(2)22(28)26-21/h5-12,15H,13-14H2,1-4H3,(H,23,24)(H,25,26,28). The van der Waals surface area contributed by atoms with Gasteiger partial charge in [-0.1, -0.05) is 30.3 Å². The Morgan fingerprint density at radius 3 is 2.54 bits per heavy atom. The van der Waals surface area contributed by atoms with E-state index in [-0.39, 0.29) is 11.6 Å². The van der Waals surface area contributed by atoms with Gasteiger partial charge in [0.2, 0.25) is 0 Å². The Hall–Kier alpha value is -2.99. The molecule has 2 N–H and O–H groups in total. The van der Waals surface area contributed by atoms with Gasteiger partial charge in [-0.15, -0.1) is 0 Å². The van der Waals surface area contributed by atoms with Crippen LogP contribution >= 0.6 is 0 Å². The quantitative estimate of drug-likeness (QED) is 0.660. The van der Waals surface area contributed by atoms with Crippen molar-refractivity contribution in [3.05, 3.63) is 75.8 Å². The predicted octanol–water partition coefficient (Wildman–Crippen LogP) is 3.38. The molecule has 0 saturated carbocycles. The van der Waals surface area contributed by atoms with Crippen LogP contribution in [0.4, 0.5) is 5.82 Å². The summed E-state index contributed by atoms with van der Waals surface area (Å²) in [4.78, 5) is 26.0. The molecule has 0 radical (unpaired) electrons. The molecule has 0 bridgehead atoms. The molecule has 28 heavy (non-hydrogen) atoms. The van der Waals surface area contributed by atoms with Gasteiger partial charge in [0, 0.05) is 42.1 Å². The number of nitrogens with one attached hydrogen (secondary N) is 2. The number of likely N-dealkylation sites (N-methyl/N-ethyl adjacent to an activating group) is 1. The molecule has 0 aliphatic heterocycles. The minimum atomic E-state index is -0.111. The second kappa shape index (κ2) is 8.80. The maximum absolute atomic E-state index is 11.9. The van der Waals surface area contributed by atoms with Crippen molar-refractivity contribution in [3.8, 4) is 11.4 Å². The van der Waals surface area contributed by atoms with Crippen LogP contribution in [0.5, 0.6) is 0 Å². The molecular formula is C22H27N5O. The minimum absolute atomic E-state index is 0.111. The molecule has 0 fully saturated rings. The molecule has 1 atom stereocenters. The van der Waals surface area contributed by atoms with E-state index in [9.17, 15) is 4.79 Å². The van der Waals surface area contributed by atoms with Crippen LogP contribution in [-0.4, -0.2) is 39.5 Å². The molecule has 1 unspecified atom stereocenters. The summed E-state index contributed by atoms with van der Waals surface area (Å²) in [5, 5.41) is 3.42. The number of hydrogen-bond acceptors (Lipinski definition) is 5. The third-order valence-electron chi connectivity index (χ3n) is 4.71. The summed E-state index contributed by atoms with van der Waals surface area (Å²) in [7, 11) is 2.11. The predicted molar refractivity (Wildman–Crippen MR) is 113 cm³/mol. The summed E-state index contributed by atoms with van der Waals surface area (Å²) in [6, 6.07) is 14.5. The Morgan fingerprint density at radius 2 is 1.89 bits per heavy atom. The van der Waals surface area contributed by atoms with Gasteiger partial charge in [-0.2, -0.15) is 0 Å². The molecule has 1 aromatic carbocycles. The molecular weight excluding hydrogens is 350 g/mol. The number of rotatable bonds is 7. The summed E-state index contributed by atoms with van der Waals surface area (Å²) in [5.41, 5.74) is 3.36. The Balaban J connectivity index is 1.60. The van der Waals surface area contributed by atoms with E-state index in [0.717, 1.165) is 30.2 Å². The first-order valence-electron chi connectivity index (χ1n) is 9.45. The molecule has 0 saturated heterocycles. The first-order valence-corrected chi connectivity index (χ1v) is 9.45. The molecule has 0 aliphatic carbocycles. The van der Waals surface area contributed by atoms with E-state index in [0.29, 0.717) is 11.4 Å². The summed E-state index contributed by atoms with van der Waals surface area (Å²) in [5.74, 6) is 1.35. The van der Waals surface area contributed by atoms with Crippen LogP contribution in [0.15, 0.2) is 53.5 Å². The van der Waals surface area contributed by atoms with E-state index in [2.05, 4.69) is 63.4 Å². The van der Waals surface area contributed by atoms with Gasteiger partial charge in [0.05, 0.1) is 0 Å². The van der Waals surface area contributed by atoms with Crippen molar-refractivity contribution < 1.29 is 0 Å². The highest BCUT2D eigenvalue weighted by atomic mass is 16.1. The van der Waals surface area contributed by atoms with Crippen LogP contribution in [0.2, 0.25) is 0 Å². The van der Waals surface area contributed by atoms with Crippen molar-refractivity contribution >= 4 is 5.82 Å². The number of aromatic amines is 1. The third kappa shape index (κ3) is 5.04. The molecule has 0 spiro atoms. The highest BCUT2D eigenvalue weighted by Gasteiger charge is 2.09. The number of nitrogens with zero attached hydrogens (tertiary/aromatic N) is 3. The molecule has 6 heteroatoms. The van der Waals surface area contributed by atoms with E-state index >= 15 is 0 Å². The summed E-state index contributed by atoms with van der Waals surface area (Å²) >= 11 is 0. The molecule has 0 amide bonds. The largest absolute Gasteiger partial charge is 0.366 e. The Kier molecular flexibility index (Phi) is 6.21. The van der Waals surface area contributed by atoms with Gasteiger partial charge in [-0.3, -0.25) is 4.79 Å². The second-order valence-electron chi connectivity index (χ2n) is 7.28. The summed E-state index contributed by atoms with van der Waals surface area (Å²) in [6.07, 6.45) is 1.73. The molecule has 6 nitrogen and oxygen atoms in total. The van der Waals surface area contributed by atoms with Gasteiger partial charge in [-0.05, 0) is 45.5 Å². The minimum Gasteiger partial charge on any atom is -0.366 e. The second-order valence-corrected chi connectivity index (χ2v) is 7.28. The maximum atomic E-state index is 11.9. The van der Waals surface area contributed by atoms with Crippen molar-refractivity contribution in [1.82, 2.24) is 19.9 Å². The average molecular weight is 377 g/mol. The first-order chi connectivity index (χ1) is 13.4. The van der Waals surface area contributed by atoms with Crippen LogP contribution in [0, 0.1) is 13.8 Å². The molecule has 3 aromatic rings. The smallest absolute Gasteiger partial charge is 0.254 e. The number of hydrogen-bond donors (Lipinski definition) is 2. The van der Waals surface area contributed by atoms with Crippen LogP contribution in [0.25, 0.3) is 11.4 Å². The SMILES string of the molecule is Cc1nc(-c2ccc(NC(C)CN(C)Cc3ccccc3)nc2)[nH]c(=O)c1C. The van der Waals surface area contributed by atoms with Crippen molar-refractivity contribution in [1.29, 1.82) is 0 Å². The average Bonchev–Trinajstić information content (AvgIpc) is 2.67. The molecule has 2 heterocycles. The number of anilines is 1. The fourth-order valence-electron chi connectivity index (χ4n) is 3.13. The van der Waals surface area contributed by atoms with E-state index < -0.39 is 0 Å². The maximum Gasteiger partial charge on any atom is 0.254 e. The fourth-order valence-corrected chi connectivity index (χ4v) is 3.13. The summed E-state index contributed by atoms with van der Waals surface area (Å²) in [6.45, 7) is 7.55. The van der Waals surface area contributed by atoms with Crippen molar-refractivity contribution in [2.75, 3.05) is 18.9 Å². The number of H-pyrrole nitrogens is 1. The summed E-state index contributed by atoms with van der Waals surface area (Å²) < 4.78 is 0. The Morgan fingerprint density at radius 1 is 1.14 bits per heavy atom. The molecule has 2 aromatic heterocycles. The Labute approximate surface area is 165 Å². The topological polar surface area (TPSA) is 73.9 Å². The van der Waals surface area contributed by atoms with Gasteiger partial charge in [0.25, 0.3) is 5.56 Å². The van der Waals surface area contributed by atoms with Crippen LogP contribution < -0.4 is 10.9 Å². The number of aromatic nitrogens is 3. The lowest BCUT2D eigenvalue weighted by atomic mass is 10.2. The molecule has 0 aliphatic rings. The lowest BCUT2D eigenvalue weighted by Crippen LogP contribution is -2.32. The molecule has 3 rings (SSSR count). The monoisotopic (exact) mass is 377 g/mol. The zero-order chi connectivity index (χ0) is 20.1. The van der Waals surface area contributed by atoms with Gasteiger partial charge >= 0.3 is 0 Å². The van der Waals surface area contributed by atoms with Gasteiger partial charge < -0.3 is 15.2 Å². The number of aryl methyl sites for hydroxylation is 1. The third-order valence-corrected chi connectivity index (χ3v) is 4.71. The van der Waals surface area contributed by atoms with E-state index in [4.69, 9.17) is 0 Å². The van der Waals surface area contributed by atoms with Crippen LogP contribution in [0.3, 0.4) is 0 Å². The van der Waals surface area contributed by atoms with Crippen molar-refractivity contribution in [2.24, 2.45) is 0 Å². The highest BCUT2D eigenvalue weighted by Crippen LogP contribution is 2.16.